The molecule has 2 N–H and O–H groups in total. The fourth-order valence-electron chi connectivity index (χ4n) is 2.10. The van der Waals surface area contributed by atoms with Crippen molar-refractivity contribution in [2.45, 2.75) is 20.4 Å². The van der Waals surface area contributed by atoms with Crippen LogP contribution in [0, 0.1) is 18.6 Å². The van der Waals surface area contributed by atoms with E-state index in [9.17, 15) is 18.4 Å². The van der Waals surface area contributed by atoms with Gasteiger partial charge in [0, 0.05) is 6.54 Å². The number of aryl methyl sites for hydroxylation is 1. The number of amides is 2. The topological polar surface area (TPSA) is 67.4 Å². The Hall–Kier alpha value is -2.96. The van der Waals surface area contributed by atoms with E-state index in [0.717, 1.165) is 5.56 Å². The van der Waals surface area contributed by atoms with Gasteiger partial charge in [0.2, 0.25) is 0 Å². The standard InChI is InChI=1S/C18H18F2N2O3/c1-3-25-16-7-5-12(9-14(16)20)10-21-17(23)18(24)22-15-8-11(2)4-6-13(15)19/h4-9H,3,10H2,1-2H3,(H,21,23)(H,22,24). The van der Waals surface area contributed by atoms with Crippen molar-refractivity contribution < 1.29 is 23.1 Å². The minimum Gasteiger partial charge on any atom is -0.491 e. The molecular formula is C18H18F2N2O3. The van der Waals surface area contributed by atoms with E-state index in [2.05, 4.69) is 10.6 Å². The van der Waals surface area contributed by atoms with Crippen LogP contribution in [0.1, 0.15) is 18.1 Å². The van der Waals surface area contributed by atoms with Crippen LogP contribution >= 0.6 is 0 Å². The van der Waals surface area contributed by atoms with Gasteiger partial charge in [-0.2, -0.15) is 0 Å². The normalized spacial score (nSPS) is 10.2. The van der Waals surface area contributed by atoms with E-state index in [1.54, 1.807) is 26.0 Å². The lowest BCUT2D eigenvalue weighted by Gasteiger charge is -2.09. The Labute approximate surface area is 144 Å². The monoisotopic (exact) mass is 348 g/mol. The summed E-state index contributed by atoms with van der Waals surface area (Å²) in [5.74, 6) is -3.03. The summed E-state index contributed by atoms with van der Waals surface area (Å²) in [5, 5.41) is 4.56. The molecule has 0 unspecified atom stereocenters. The minimum atomic E-state index is -1.00. The molecule has 2 aromatic carbocycles. The molecule has 25 heavy (non-hydrogen) atoms. The largest absolute Gasteiger partial charge is 0.491 e. The van der Waals surface area contributed by atoms with Crippen LogP contribution in [0.25, 0.3) is 0 Å². The van der Waals surface area contributed by atoms with Gasteiger partial charge < -0.3 is 15.4 Å². The second kappa shape index (κ2) is 8.23. The van der Waals surface area contributed by atoms with Crippen LogP contribution in [0.2, 0.25) is 0 Å². The molecule has 2 amide bonds. The highest BCUT2D eigenvalue weighted by molar-refractivity contribution is 6.39. The van der Waals surface area contributed by atoms with Gasteiger partial charge in [0.05, 0.1) is 12.3 Å². The molecule has 5 nitrogen and oxygen atoms in total. The highest BCUT2D eigenvalue weighted by Crippen LogP contribution is 2.18. The number of nitrogens with one attached hydrogen (secondary N) is 2. The number of hydrogen-bond acceptors (Lipinski definition) is 3. The number of halogens is 2. The fraction of sp³-hybridized carbons (Fsp3) is 0.222. The van der Waals surface area contributed by atoms with Gasteiger partial charge in [0.15, 0.2) is 11.6 Å². The lowest BCUT2D eigenvalue weighted by atomic mass is 10.2. The van der Waals surface area contributed by atoms with Crippen molar-refractivity contribution in [1.29, 1.82) is 0 Å². The molecule has 132 valence electrons. The van der Waals surface area contributed by atoms with E-state index in [0.29, 0.717) is 12.2 Å². The molecule has 0 bridgehead atoms. The number of ether oxygens (including phenoxy) is 1. The third-order valence-corrected chi connectivity index (χ3v) is 3.33. The lowest BCUT2D eigenvalue weighted by Crippen LogP contribution is -2.35. The van der Waals surface area contributed by atoms with Crippen LogP contribution < -0.4 is 15.4 Å². The Kier molecular flexibility index (Phi) is 6.05. The Balaban J connectivity index is 1.94. The predicted molar refractivity (Wildman–Crippen MR) is 89.2 cm³/mol. The van der Waals surface area contributed by atoms with Gasteiger partial charge in [0.25, 0.3) is 0 Å². The zero-order valence-corrected chi connectivity index (χ0v) is 13.9. The van der Waals surface area contributed by atoms with Gasteiger partial charge in [-0.1, -0.05) is 12.1 Å². The molecule has 7 heteroatoms. The lowest BCUT2D eigenvalue weighted by molar-refractivity contribution is -0.136. The second-order valence-electron chi connectivity index (χ2n) is 5.32. The molecule has 0 aromatic heterocycles. The van der Waals surface area contributed by atoms with Crippen molar-refractivity contribution in [2.75, 3.05) is 11.9 Å². The van der Waals surface area contributed by atoms with Gasteiger partial charge >= 0.3 is 11.8 Å². The zero-order valence-electron chi connectivity index (χ0n) is 13.9. The van der Waals surface area contributed by atoms with Crippen LogP contribution in [-0.4, -0.2) is 18.4 Å². The summed E-state index contributed by atoms with van der Waals surface area (Å²) < 4.78 is 32.4. The summed E-state index contributed by atoms with van der Waals surface area (Å²) in [5.41, 5.74) is 1.12. The maximum Gasteiger partial charge on any atom is 0.313 e. The average Bonchev–Trinajstić information content (AvgIpc) is 2.58. The number of rotatable bonds is 5. The van der Waals surface area contributed by atoms with Crippen molar-refractivity contribution in [3.05, 3.63) is 59.2 Å². The summed E-state index contributed by atoms with van der Waals surface area (Å²) >= 11 is 0. The predicted octanol–water partition coefficient (Wildman–Crippen LogP) is 2.93. The molecule has 0 spiro atoms. The summed E-state index contributed by atoms with van der Waals surface area (Å²) in [6, 6.07) is 8.40. The number of anilines is 1. The van der Waals surface area contributed by atoms with E-state index in [-0.39, 0.29) is 18.0 Å². The summed E-state index contributed by atoms with van der Waals surface area (Å²) in [6.45, 7) is 3.76. The van der Waals surface area contributed by atoms with Crippen LogP contribution in [0.3, 0.4) is 0 Å². The first-order chi connectivity index (χ1) is 11.9. The average molecular weight is 348 g/mol. The molecule has 0 aliphatic heterocycles. The zero-order chi connectivity index (χ0) is 18.4. The molecular weight excluding hydrogens is 330 g/mol. The second-order valence-corrected chi connectivity index (χ2v) is 5.32. The van der Waals surface area contributed by atoms with Crippen LogP contribution in [0.5, 0.6) is 5.75 Å². The first-order valence-corrected chi connectivity index (χ1v) is 7.67. The van der Waals surface area contributed by atoms with Crippen LogP contribution in [0.15, 0.2) is 36.4 Å². The van der Waals surface area contributed by atoms with Gasteiger partial charge in [-0.3, -0.25) is 9.59 Å². The van der Waals surface area contributed by atoms with Crippen molar-refractivity contribution in [3.63, 3.8) is 0 Å². The molecule has 0 radical (unpaired) electrons. The maximum atomic E-state index is 13.7. The quantitative estimate of drug-likeness (QED) is 0.817. The highest BCUT2D eigenvalue weighted by atomic mass is 19.1. The Morgan fingerprint density at radius 2 is 1.80 bits per heavy atom. The molecule has 0 heterocycles. The van der Waals surface area contributed by atoms with Gasteiger partial charge in [-0.25, -0.2) is 8.78 Å². The fourth-order valence-corrected chi connectivity index (χ4v) is 2.10. The third-order valence-electron chi connectivity index (χ3n) is 3.33. The van der Waals surface area contributed by atoms with Crippen molar-refractivity contribution in [1.82, 2.24) is 5.32 Å². The Bertz CT molecular complexity index is 794. The summed E-state index contributed by atoms with van der Waals surface area (Å²) in [6.07, 6.45) is 0. The minimum absolute atomic E-state index is 0.0497. The van der Waals surface area contributed by atoms with E-state index in [1.807, 2.05) is 0 Å². The molecule has 2 aromatic rings. The van der Waals surface area contributed by atoms with E-state index >= 15 is 0 Å². The van der Waals surface area contributed by atoms with E-state index in [1.165, 1.54) is 24.3 Å². The molecule has 0 saturated heterocycles. The molecule has 0 atom stereocenters. The number of carbonyl (C=O) groups excluding carboxylic acids is 2. The number of carbonyl (C=O) groups is 2. The van der Waals surface area contributed by atoms with Crippen molar-refractivity contribution in [2.24, 2.45) is 0 Å². The summed E-state index contributed by atoms with van der Waals surface area (Å²) in [4.78, 5) is 23.6. The van der Waals surface area contributed by atoms with Crippen molar-refractivity contribution in [3.8, 4) is 5.75 Å². The molecule has 0 aliphatic carbocycles. The Morgan fingerprint density at radius 3 is 2.48 bits per heavy atom. The van der Waals surface area contributed by atoms with E-state index < -0.39 is 23.4 Å². The number of benzene rings is 2. The van der Waals surface area contributed by atoms with Crippen LogP contribution in [-0.2, 0) is 16.1 Å². The smallest absolute Gasteiger partial charge is 0.313 e. The highest BCUT2D eigenvalue weighted by Gasteiger charge is 2.16. The SMILES string of the molecule is CCOc1ccc(CNC(=O)C(=O)Nc2cc(C)ccc2F)cc1F. The molecule has 0 aliphatic rings. The van der Waals surface area contributed by atoms with Gasteiger partial charge in [0.1, 0.15) is 5.82 Å². The van der Waals surface area contributed by atoms with Gasteiger partial charge in [-0.15, -0.1) is 0 Å². The maximum absolute atomic E-state index is 13.7. The summed E-state index contributed by atoms with van der Waals surface area (Å²) in [7, 11) is 0. The van der Waals surface area contributed by atoms with E-state index in [4.69, 9.17) is 4.74 Å². The molecule has 0 saturated carbocycles. The van der Waals surface area contributed by atoms with Crippen molar-refractivity contribution >= 4 is 17.5 Å². The first-order valence-electron chi connectivity index (χ1n) is 7.67. The molecule has 2 rings (SSSR count). The first kappa shape index (κ1) is 18.4. The van der Waals surface area contributed by atoms with Gasteiger partial charge in [-0.05, 0) is 49.2 Å². The number of hydrogen-bond donors (Lipinski definition) is 2. The van der Waals surface area contributed by atoms with Crippen LogP contribution in [0.4, 0.5) is 14.5 Å². The molecule has 0 fully saturated rings. The third kappa shape index (κ3) is 5.00. The Morgan fingerprint density at radius 1 is 1.04 bits per heavy atom.